The lowest BCUT2D eigenvalue weighted by molar-refractivity contribution is -0.127. The number of nitrogens with one attached hydrogen (secondary N) is 2. The molecule has 4 rings (SSSR count). The van der Waals surface area contributed by atoms with Crippen LogP contribution in [0.4, 0.5) is 5.69 Å². The number of hydrogen-bond acceptors (Lipinski definition) is 8. The number of hydrogen-bond donors (Lipinski definition) is 3. The minimum Gasteiger partial charge on any atom is -0.372 e. The molecule has 1 fully saturated rings. The molecular weight excluding hydrogens is 454 g/mol. The van der Waals surface area contributed by atoms with E-state index < -0.39 is 16.7 Å². The number of thiol groups is 1. The summed E-state index contributed by atoms with van der Waals surface area (Å²) >= 11 is 0. The monoisotopic (exact) mass is 483 g/mol. The lowest BCUT2D eigenvalue weighted by Crippen LogP contribution is -2.43. The minimum absolute atomic E-state index is 0.109. The molecule has 2 N–H and O–H groups in total. The van der Waals surface area contributed by atoms with Gasteiger partial charge in [0.25, 0.3) is 0 Å². The molecule has 1 aromatic carbocycles. The third-order valence-corrected chi connectivity index (χ3v) is 6.13. The van der Waals surface area contributed by atoms with Crippen LogP contribution in [0, 0.1) is 6.92 Å². The van der Waals surface area contributed by atoms with Gasteiger partial charge in [-0.15, -0.1) is 0 Å². The Balaban J connectivity index is 1.52. The Hall–Kier alpha value is -3.31. The summed E-state index contributed by atoms with van der Waals surface area (Å²) in [5.74, 6) is 0.273. The second kappa shape index (κ2) is 11.2. The molecule has 1 atom stereocenters. The first-order valence-corrected chi connectivity index (χ1v) is 12.7. The van der Waals surface area contributed by atoms with Crippen LogP contribution < -0.4 is 10.6 Å². The Morgan fingerprint density at radius 2 is 1.88 bits per heavy atom. The van der Waals surface area contributed by atoms with Crippen molar-refractivity contribution in [2.24, 2.45) is 0 Å². The fourth-order valence-electron chi connectivity index (χ4n) is 4.06. The van der Waals surface area contributed by atoms with Crippen LogP contribution in [0.1, 0.15) is 42.3 Å². The first kappa shape index (κ1) is 23.8. The van der Waals surface area contributed by atoms with Crippen molar-refractivity contribution in [2.45, 2.75) is 38.8 Å². The summed E-state index contributed by atoms with van der Waals surface area (Å²) in [6, 6.07) is 8.69. The van der Waals surface area contributed by atoms with E-state index in [1.54, 1.807) is 35.4 Å². The topological polar surface area (TPSA) is 122 Å². The molecule has 1 unspecified atom stereocenters. The number of piperidine rings is 1. The van der Waals surface area contributed by atoms with Crippen molar-refractivity contribution in [3.63, 3.8) is 0 Å². The molecular formula is C23H29N7O3S. The van der Waals surface area contributed by atoms with Crippen LogP contribution in [0.25, 0.3) is 5.95 Å². The van der Waals surface area contributed by atoms with Gasteiger partial charge < -0.3 is 10.6 Å². The molecule has 0 bridgehead atoms. The van der Waals surface area contributed by atoms with Crippen LogP contribution in [0.3, 0.4) is 0 Å². The molecule has 3 heterocycles. The SMILES string of the molecule is Cc1cc(C(C(=O)NCc2ccc(NC[SH](=O)=O)cc2)N2CCCCC2)nc(-n2ccnc2)n1. The Bertz CT molecular complexity index is 1170. The van der Waals surface area contributed by atoms with Gasteiger partial charge >= 0.3 is 0 Å². The average Bonchev–Trinajstić information content (AvgIpc) is 3.38. The van der Waals surface area contributed by atoms with Gasteiger partial charge in [0.2, 0.25) is 11.9 Å². The van der Waals surface area contributed by atoms with Gasteiger partial charge in [-0.05, 0) is 56.6 Å². The Kier molecular flexibility index (Phi) is 7.86. The van der Waals surface area contributed by atoms with Crippen LogP contribution in [0.15, 0.2) is 49.1 Å². The smallest absolute Gasteiger partial charge is 0.243 e. The highest BCUT2D eigenvalue weighted by Gasteiger charge is 2.30. The highest BCUT2D eigenvalue weighted by atomic mass is 32.2. The molecule has 11 heteroatoms. The van der Waals surface area contributed by atoms with E-state index in [4.69, 9.17) is 4.98 Å². The number of imidazole rings is 1. The zero-order valence-electron chi connectivity index (χ0n) is 19.1. The quantitative estimate of drug-likeness (QED) is 0.394. The standard InChI is InChI=1S/C23H29N7O3S/c1-17-13-20(28-23(27-17)30-12-9-24-15-30)21(29-10-3-2-4-11-29)22(31)25-14-18-5-7-19(8-6-18)26-16-34(32)33/h5-9,12-13,15,21,26,34H,2-4,10-11,14,16H2,1H3,(H,25,31). The number of anilines is 1. The van der Waals surface area contributed by atoms with E-state index >= 15 is 0 Å². The highest BCUT2D eigenvalue weighted by molar-refractivity contribution is 7.72. The van der Waals surface area contributed by atoms with Crippen LogP contribution in [-0.2, 0) is 22.0 Å². The molecule has 1 amide bonds. The molecule has 1 saturated heterocycles. The van der Waals surface area contributed by atoms with Crippen molar-refractivity contribution in [3.8, 4) is 5.95 Å². The van der Waals surface area contributed by atoms with Gasteiger partial charge in [0.1, 0.15) is 18.2 Å². The maximum Gasteiger partial charge on any atom is 0.243 e. The van der Waals surface area contributed by atoms with Crippen molar-refractivity contribution >= 4 is 22.3 Å². The minimum atomic E-state index is -2.49. The molecule has 0 spiro atoms. The zero-order valence-corrected chi connectivity index (χ0v) is 19.9. The van der Waals surface area contributed by atoms with Gasteiger partial charge in [0.05, 0.1) is 5.69 Å². The fraction of sp³-hybridized carbons (Fsp3) is 0.391. The van der Waals surface area contributed by atoms with Gasteiger partial charge in [-0.25, -0.2) is 23.4 Å². The van der Waals surface area contributed by atoms with E-state index in [1.165, 1.54) is 0 Å². The van der Waals surface area contributed by atoms with Gasteiger partial charge in [0.15, 0.2) is 10.7 Å². The number of rotatable bonds is 9. The Labute approximate surface area is 200 Å². The van der Waals surface area contributed by atoms with Crippen LogP contribution in [-0.4, -0.2) is 57.7 Å². The zero-order chi connectivity index (χ0) is 23.9. The number of benzene rings is 1. The summed E-state index contributed by atoms with van der Waals surface area (Å²) in [4.78, 5) is 29.0. The summed E-state index contributed by atoms with van der Waals surface area (Å²) in [6.45, 7) is 3.93. The van der Waals surface area contributed by atoms with E-state index in [2.05, 4.69) is 25.5 Å². The van der Waals surface area contributed by atoms with Crippen LogP contribution >= 0.6 is 0 Å². The molecule has 0 saturated carbocycles. The molecule has 180 valence electrons. The van der Waals surface area contributed by atoms with Crippen LogP contribution in [0.2, 0.25) is 0 Å². The predicted molar refractivity (Wildman–Crippen MR) is 129 cm³/mol. The number of aryl methyl sites for hydroxylation is 1. The molecule has 34 heavy (non-hydrogen) atoms. The number of likely N-dealkylation sites (tertiary alicyclic amines) is 1. The van der Waals surface area contributed by atoms with Crippen molar-refractivity contribution in [3.05, 3.63) is 66.0 Å². The lowest BCUT2D eigenvalue weighted by atomic mass is 10.0. The molecule has 1 aliphatic heterocycles. The van der Waals surface area contributed by atoms with Crippen molar-refractivity contribution in [2.75, 3.05) is 24.3 Å². The number of nitrogens with zero attached hydrogens (tertiary/aromatic N) is 5. The van der Waals surface area contributed by atoms with Gasteiger partial charge in [0, 0.05) is 30.3 Å². The summed E-state index contributed by atoms with van der Waals surface area (Å²) < 4.78 is 23.2. The fourth-order valence-corrected chi connectivity index (χ4v) is 4.37. The third kappa shape index (κ3) is 6.17. The van der Waals surface area contributed by atoms with E-state index in [9.17, 15) is 13.2 Å². The molecule has 0 aliphatic carbocycles. The van der Waals surface area contributed by atoms with Gasteiger partial charge in [-0.2, -0.15) is 0 Å². The van der Waals surface area contributed by atoms with Crippen LogP contribution in [0.5, 0.6) is 0 Å². The van der Waals surface area contributed by atoms with Gasteiger partial charge in [-0.3, -0.25) is 14.3 Å². The summed E-state index contributed by atoms with van der Waals surface area (Å²) in [6.07, 6.45) is 8.35. The molecule has 0 radical (unpaired) electrons. The third-order valence-electron chi connectivity index (χ3n) is 5.71. The second-order valence-electron chi connectivity index (χ2n) is 8.29. The molecule has 3 aromatic rings. The predicted octanol–water partition coefficient (Wildman–Crippen LogP) is 1.79. The summed E-state index contributed by atoms with van der Waals surface area (Å²) in [5, 5.41) is 5.89. The Morgan fingerprint density at radius 1 is 1.12 bits per heavy atom. The number of aromatic nitrogens is 4. The van der Waals surface area contributed by atoms with Crippen molar-refractivity contribution in [1.29, 1.82) is 0 Å². The molecule has 2 aromatic heterocycles. The largest absolute Gasteiger partial charge is 0.372 e. The summed E-state index contributed by atoms with van der Waals surface area (Å²) in [5.41, 5.74) is 3.08. The first-order valence-electron chi connectivity index (χ1n) is 11.3. The van der Waals surface area contributed by atoms with E-state index in [0.717, 1.165) is 43.6 Å². The van der Waals surface area contributed by atoms with Crippen molar-refractivity contribution in [1.82, 2.24) is 29.7 Å². The number of amides is 1. The first-order chi connectivity index (χ1) is 16.5. The van der Waals surface area contributed by atoms with Crippen molar-refractivity contribution < 1.29 is 13.2 Å². The Morgan fingerprint density at radius 3 is 2.56 bits per heavy atom. The van der Waals surface area contributed by atoms with Gasteiger partial charge in [-0.1, -0.05) is 18.6 Å². The number of carbonyl (C=O) groups excluding carboxylic acids is 1. The summed E-state index contributed by atoms with van der Waals surface area (Å²) in [7, 11) is -2.49. The second-order valence-corrected chi connectivity index (χ2v) is 9.27. The molecule has 10 nitrogen and oxygen atoms in total. The maximum absolute atomic E-state index is 13.5. The van der Waals surface area contributed by atoms with E-state index in [0.29, 0.717) is 23.9 Å². The molecule has 1 aliphatic rings. The normalized spacial score (nSPS) is 15.2. The number of carbonyl (C=O) groups is 1. The maximum atomic E-state index is 13.5. The van der Waals surface area contributed by atoms with E-state index in [-0.39, 0.29) is 11.8 Å². The highest BCUT2D eigenvalue weighted by Crippen LogP contribution is 2.25. The average molecular weight is 484 g/mol. The van der Waals surface area contributed by atoms with E-state index in [1.807, 2.05) is 25.1 Å². The lowest BCUT2D eigenvalue weighted by Gasteiger charge is -2.33.